The Morgan fingerprint density at radius 3 is 2.78 bits per heavy atom. The summed E-state index contributed by atoms with van der Waals surface area (Å²) in [6.07, 6.45) is 6.69. The number of rotatable bonds is 4. The minimum Gasteiger partial charge on any atom is -0.464 e. The summed E-state index contributed by atoms with van der Waals surface area (Å²) in [5, 5.41) is 10.6. The summed E-state index contributed by atoms with van der Waals surface area (Å²) in [4.78, 5) is 14.8. The van der Waals surface area contributed by atoms with Gasteiger partial charge in [-0.15, -0.1) is 0 Å². The monoisotopic (exact) mass is 319 g/mol. The molecule has 1 saturated heterocycles. The van der Waals surface area contributed by atoms with Gasteiger partial charge >= 0.3 is 0 Å². The molecule has 0 spiro atoms. The van der Waals surface area contributed by atoms with Crippen molar-refractivity contribution in [2.75, 3.05) is 6.54 Å². The van der Waals surface area contributed by atoms with Crippen molar-refractivity contribution in [2.24, 2.45) is 5.92 Å². The first-order valence-electron chi connectivity index (χ1n) is 9.11. The molecule has 2 aliphatic rings. The molecule has 4 nitrogen and oxygen atoms in total. The van der Waals surface area contributed by atoms with Gasteiger partial charge in [0.1, 0.15) is 11.5 Å². The first kappa shape index (κ1) is 16.6. The van der Waals surface area contributed by atoms with Crippen LogP contribution in [0.2, 0.25) is 0 Å². The van der Waals surface area contributed by atoms with E-state index in [1.807, 2.05) is 17.0 Å². The van der Waals surface area contributed by atoms with Gasteiger partial charge in [0.05, 0.1) is 18.1 Å². The van der Waals surface area contributed by atoms with Crippen molar-refractivity contribution >= 4 is 5.91 Å². The highest BCUT2D eigenvalue weighted by Gasteiger charge is 2.39. The van der Waals surface area contributed by atoms with Crippen molar-refractivity contribution in [3.63, 3.8) is 0 Å². The lowest BCUT2D eigenvalue weighted by atomic mass is 9.89. The van der Waals surface area contributed by atoms with Gasteiger partial charge in [-0.05, 0) is 43.7 Å². The lowest BCUT2D eigenvalue weighted by molar-refractivity contribution is -0.141. The molecule has 128 valence electrons. The zero-order valence-electron chi connectivity index (χ0n) is 14.4. The molecular formula is C19H29NO3. The predicted molar refractivity (Wildman–Crippen MR) is 89.0 cm³/mol. The molecule has 2 atom stereocenters. The summed E-state index contributed by atoms with van der Waals surface area (Å²) < 4.78 is 5.94. The van der Waals surface area contributed by atoms with Crippen LogP contribution in [-0.2, 0) is 11.2 Å². The van der Waals surface area contributed by atoms with Gasteiger partial charge in [0.2, 0.25) is 5.91 Å². The van der Waals surface area contributed by atoms with Crippen LogP contribution >= 0.6 is 0 Å². The highest BCUT2D eigenvalue weighted by atomic mass is 16.3. The van der Waals surface area contributed by atoms with Crippen molar-refractivity contribution in [1.82, 2.24) is 4.90 Å². The van der Waals surface area contributed by atoms with E-state index in [1.54, 1.807) is 0 Å². The van der Waals surface area contributed by atoms with E-state index in [1.165, 1.54) is 0 Å². The summed E-state index contributed by atoms with van der Waals surface area (Å²) in [5.41, 5.74) is -0.775. The Labute approximate surface area is 138 Å². The van der Waals surface area contributed by atoms with Crippen molar-refractivity contribution in [3.05, 3.63) is 23.7 Å². The summed E-state index contributed by atoms with van der Waals surface area (Å²) >= 11 is 0. The zero-order chi connectivity index (χ0) is 16.4. The van der Waals surface area contributed by atoms with Gasteiger partial charge in [0.15, 0.2) is 0 Å². The van der Waals surface area contributed by atoms with Gasteiger partial charge in [0, 0.05) is 13.0 Å². The second-order valence-corrected chi connectivity index (χ2v) is 7.50. The Morgan fingerprint density at radius 2 is 2.13 bits per heavy atom. The van der Waals surface area contributed by atoms with Crippen LogP contribution in [0.5, 0.6) is 0 Å². The second-order valence-electron chi connectivity index (χ2n) is 7.50. The number of aliphatic hydroxyl groups is 1. The van der Waals surface area contributed by atoms with E-state index in [9.17, 15) is 9.90 Å². The van der Waals surface area contributed by atoms with Crippen LogP contribution in [0.25, 0.3) is 0 Å². The van der Waals surface area contributed by atoms with Gasteiger partial charge in [-0.3, -0.25) is 4.79 Å². The van der Waals surface area contributed by atoms with Crippen LogP contribution in [0.15, 0.2) is 16.5 Å². The van der Waals surface area contributed by atoms with Crippen LogP contribution in [-0.4, -0.2) is 28.1 Å². The number of likely N-dealkylation sites (tertiary alicyclic amines) is 1. The lowest BCUT2D eigenvalue weighted by Gasteiger charge is -2.39. The molecule has 1 amide bonds. The largest absolute Gasteiger partial charge is 0.464 e. The number of aryl methyl sites for hydroxylation is 1. The van der Waals surface area contributed by atoms with Gasteiger partial charge in [-0.25, -0.2) is 0 Å². The van der Waals surface area contributed by atoms with Crippen molar-refractivity contribution in [2.45, 2.75) is 76.9 Å². The Balaban J connectivity index is 1.75. The molecule has 0 bridgehead atoms. The summed E-state index contributed by atoms with van der Waals surface area (Å²) in [6.45, 7) is 5.08. The molecular weight excluding hydrogens is 290 g/mol. The fourth-order valence-corrected chi connectivity index (χ4v) is 4.07. The second kappa shape index (κ2) is 6.68. The van der Waals surface area contributed by atoms with Crippen LogP contribution in [0, 0.1) is 5.92 Å². The third-order valence-electron chi connectivity index (χ3n) is 5.56. The lowest BCUT2D eigenvalue weighted by Crippen LogP contribution is -2.43. The Bertz CT molecular complexity index is 545. The zero-order valence-corrected chi connectivity index (χ0v) is 14.4. The Kier molecular flexibility index (Phi) is 4.81. The molecule has 1 aromatic heterocycles. The first-order valence-corrected chi connectivity index (χ1v) is 9.11. The molecule has 0 unspecified atom stereocenters. The number of carbonyl (C=O) groups excluding carboxylic acids is 1. The summed E-state index contributed by atoms with van der Waals surface area (Å²) in [6, 6.07) is 4.06. The molecule has 2 heterocycles. The Morgan fingerprint density at radius 1 is 1.39 bits per heavy atom. The number of carbonyl (C=O) groups is 1. The SMILES string of the molecule is CCc1ccc([C@H]2C[C@@H](C)CCN2C(=O)CC2(O)CCCC2)o1. The maximum Gasteiger partial charge on any atom is 0.226 e. The van der Waals surface area contributed by atoms with E-state index in [4.69, 9.17) is 4.42 Å². The van der Waals surface area contributed by atoms with E-state index in [-0.39, 0.29) is 18.4 Å². The van der Waals surface area contributed by atoms with Crippen LogP contribution in [0.3, 0.4) is 0 Å². The number of amides is 1. The van der Waals surface area contributed by atoms with Crippen LogP contribution < -0.4 is 0 Å². The first-order chi connectivity index (χ1) is 11.0. The molecule has 1 N–H and O–H groups in total. The summed E-state index contributed by atoms with van der Waals surface area (Å²) in [7, 11) is 0. The molecule has 1 saturated carbocycles. The van der Waals surface area contributed by atoms with E-state index in [0.29, 0.717) is 5.92 Å². The number of piperidine rings is 1. The highest BCUT2D eigenvalue weighted by molar-refractivity contribution is 5.78. The van der Waals surface area contributed by atoms with Gasteiger partial charge in [-0.1, -0.05) is 26.7 Å². The fraction of sp³-hybridized carbons (Fsp3) is 0.737. The number of furan rings is 1. The maximum atomic E-state index is 12.9. The number of nitrogens with zero attached hydrogens (tertiary/aromatic N) is 1. The smallest absolute Gasteiger partial charge is 0.226 e. The normalized spacial score (nSPS) is 27.3. The molecule has 2 fully saturated rings. The molecule has 23 heavy (non-hydrogen) atoms. The predicted octanol–water partition coefficient (Wildman–Crippen LogP) is 3.84. The molecule has 1 aliphatic heterocycles. The average molecular weight is 319 g/mol. The van der Waals surface area contributed by atoms with Crippen LogP contribution in [0.1, 0.15) is 76.4 Å². The molecule has 3 rings (SSSR count). The topological polar surface area (TPSA) is 53.7 Å². The molecule has 1 aliphatic carbocycles. The minimum atomic E-state index is -0.775. The van der Waals surface area contributed by atoms with Crippen molar-refractivity contribution in [3.8, 4) is 0 Å². The third kappa shape index (κ3) is 3.63. The number of hydrogen-bond acceptors (Lipinski definition) is 3. The van der Waals surface area contributed by atoms with Crippen molar-refractivity contribution in [1.29, 1.82) is 0 Å². The van der Waals surface area contributed by atoms with E-state index in [2.05, 4.69) is 13.8 Å². The standard InChI is InChI=1S/C19H29NO3/c1-3-15-6-7-17(23-15)16-12-14(2)8-11-20(16)18(21)13-19(22)9-4-5-10-19/h6-7,14,16,22H,3-5,8-13H2,1-2H3/t14-,16+/m0/s1. The van der Waals surface area contributed by atoms with E-state index in [0.717, 1.165) is 63.0 Å². The minimum absolute atomic E-state index is 0.0246. The third-order valence-corrected chi connectivity index (χ3v) is 5.56. The van der Waals surface area contributed by atoms with Crippen LogP contribution in [0.4, 0.5) is 0 Å². The highest BCUT2D eigenvalue weighted by Crippen LogP contribution is 2.38. The van der Waals surface area contributed by atoms with E-state index >= 15 is 0 Å². The van der Waals surface area contributed by atoms with Gasteiger partial charge < -0.3 is 14.4 Å². The Hall–Kier alpha value is -1.29. The number of hydrogen-bond donors (Lipinski definition) is 1. The molecule has 0 aromatic carbocycles. The van der Waals surface area contributed by atoms with Crippen molar-refractivity contribution < 1.29 is 14.3 Å². The average Bonchev–Trinajstić information content (AvgIpc) is 3.16. The quantitative estimate of drug-likeness (QED) is 0.917. The summed E-state index contributed by atoms with van der Waals surface area (Å²) in [5.74, 6) is 2.55. The molecule has 1 aromatic rings. The van der Waals surface area contributed by atoms with Gasteiger partial charge in [0.25, 0.3) is 0 Å². The van der Waals surface area contributed by atoms with Gasteiger partial charge in [-0.2, -0.15) is 0 Å². The fourth-order valence-electron chi connectivity index (χ4n) is 4.07. The molecule has 0 radical (unpaired) electrons. The van der Waals surface area contributed by atoms with E-state index < -0.39 is 5.60 Å². The molecule has 4 heteroatoms. The maximum absolute atomic E-state index is 12.9.